The number of thioether (sulfide) groups is 1. The van der Waals surface area contributed by atoms with Gasteiger partial charge in [-0.1, -0.05) is 18.2 Å². The van der Waals surface area contributed by atoms with Crippen molar-refractivity contribution >= 4 is 23.4 Å². The molecule has 1 aromatic carbocycles. The summed E-state index contributed by atoms with van der Waals surface area (Å²) in [6.07, 6.45) is 1.95. The minimum absolute atomic E-state index is 0.148. The van der Waals surface area contributed by atoms with Gasteiger partial charge < -0.3 is 11.1 Å². The highest BCUT2D eigenvalue weighted by Gasteiger charge is 2.31. The Labute approximate surface area is 101 Å². The standard InChI is InChI=1S/C12H18N2OS/c1-12(2,16-3)10(13)11(15)14-9-7-5-4-6-8-9/h4-8,10H,13H2,1-3H3,(H,14,15). The summed E-state index contributed by atoms with van der Waals surface area (Å²) in [5, 5.41) is 2.80. The van der Waals surface area contributed by atoms with E-state index in [2.05, 4.69) is 5.32 Å². The van der Waals surface area contributed by atoms with E-state index in [9.17, 15) is 4.79 Å². The van der Waals surface area contributed by atoms with Gasteiger partial charge in [-0.15, -0.1) is 0 Å². The topological polar surface area (TPSA) is 55.1 Å². The summed E-state index contributed by atoms with van der Waals surface area (Å²) in [5.74, 6) is -0.148. The van der Waals surface area contributed by atoms with E-state index < -0.39 is 6.04 Å². The molecule has 1 rings (SSSR count). The molecule has 3 nitrogen and oxygen atoms in total. The van der Waals surface area contributed by atoms with Gasteiger partial charge in [0, 0.05) is 10.4 Å². The predicted molar refractivity (Wildman–Crippen MR) is 70.6 cm³/mol. The summed E-state index contributed by atoms with van der Waals surface area (Å²) in [4.78, 5) is 11.9. The van der Waals surface area contributed by atoms with E-state index in [1.54, 1.807) is 11.8 Å². The average Bonchev–Trinajstić information content (AvgIpc) is 2.29. The van der Waals surface area contributed by atoms with Crippen LogP contribution < -0.4 is 11.1 Å². The summed E-state index contributed by atoms with van der Waals surface area (Å²) in [5.41, 5.74) is 6.70. The van der Waals surface area contributed by atoms with E-state index in [-0.39, 0.29) is 10.7 Å². The number of rotatable bonds is 4. The molecule has 0 aliphatic heterocycles. The monoisotopic (exact) mass is 238 g/mol. The Kier molecular flexibility index (Phi) is 4.38. The van der Waals surface area contributed by atoms with Crippen LogP contribution >= 0.6 is 11.8 Å². The number of benzene rings is 1. The van der Waals surface area contributed by atoms with Crippen LogP contribution in [0.3, 0.4) is 0 Å². The molecule has 0 heterocycles. The maximum atomic E-state index is 11.9. The molecule has 0 aliphatic carbocycles. The number of para-hydroxylation sites is 1. The first-order valence-electron chi connectivity index (χ1n) is 5.14. The second kappa shape index (κ2) is 5.37. The Morgan fingerprint density at radius 3 is 2.44 bits per heavy atom. The third-order valence-corrected chi connectivity index (χ3v) is 3.91. The fourth-order valence-electron chi connectivity index (χ4n) is 1.18. The van der Waals surface area contributed by atoms with Crippen molar-refractivity contribution in [3.05, 3.63) is 30.3 Å². The minimum atomic E-state index is -0.525. The summed E-state index contributed by atoms with van der Waals surface area (Å²) in [6.45, 7) is 3.93. The van der Waals surface area contributed by atoms with E-state index in [1.165, 1.54) is 0 Å². The van der Waals surface area contributed by atoms with Gasteiger partial charge in [0.2, 0.25) is 5.91 Å². The quantitative estimate of drug-likeness (QED) is 0.844. The number of anilines is 1. The third-order valence-electron chi connectivity index (χ3n) is 2.60. The van der Waals surface area contributed by atoms with Gasteiger partial charge in [0.15, 0.2) is 0 Å². The summed E-state index contributed by atoms with van der Waals surface area (Å²) < 4.78 is -0.265. The highest BCUT2D eigenvalue weighted by molar-refractivity contribution is 8.00. The molecule has 0 bridgehead atoms. The van der Waals surface area contributed by atoms with E-state index in [0.29, 0.717) is 0 Å². The van der Waals surface area contributed by atoms with Crippen LogP contribution in [0.1, 0.15) is 13.8 Å². The van der Waals surface area contributed by atoms with Gasteiger partial charge in [-0.2, -0.15) is 11.8 Å². The molecule has 0 aromatic heterocycles. The molecular weight excluding hydrogens is 220 g/mol. The highest BCUT2D eigenvalue weighted by Crippen LogP contribution is 2.25. The number of amides is 1. The Bertz CT molecular complexity index is 351. The first-order valence-corrected chi connectivity index (χ1v) is 6.36. The van der Waals surface area contributed by atoms with Gasteiger partial charge in [0.25, 0.3) is 0 Å². The van der Waals surface area contributed by atoms with Crippen LogP contribution in [0.4, 0.5) is 5.69 Å². The molecule has 88 valence electrons. The van der Waals surface area contributed by atoms with Crippen molar-refractivity contribution in [2.45, 2.75) is 24.6 Å². The maximum Gasteiger partial charge on any atom is 0.242 e. The molecule has 16 heavy (non-hydrogen) atoms. The summed E-state index contributed by atoms with van der Waals surface area (Å²) >= 11 is 1.59. The second-order valence-electron chi connectivity index (χ2n) is 4.14. The zero-order valence-electron chi connectivity index (χ0n) is 9.86. The van der Waals surface area contributed by atoms with Crippen LogP contribution in [-0.2, 0) is 4.79 Å². The van der Waals surface area contributed by atoms with Crippen LogP contribution in [0.25, 0.3) is 0 Å². The first kappa shape index (κ1) is 13.1. The molecule has 1 atom stereocenters. The summed E-state index contributed by atoms with van der Waals surface area (Å²) in [6, 6.07) is 8.82. The van der Waals surface area contributed by atoms with E-state index in [4.69, 9.17) is 5.73 Å². The van der Waals surface area contributed by atoms with Crippen molar-refractivity contribution in [1.29, 1.82) is 0 Å². The molecule has 1 unspecified atom stereocenters. The van der Waals surface area contributed by atoms with Gasteiger partial charge >= 0.3 is 0 Å². The van der Waals surface area contributed by atoms with E-state index in [0.717, 1.165) is 5.69 Å². The van der Waals surface area contributed by atoms with Crippen LogP contribution in [0.15, 0.2) is 30.3 Å². The fourth-order valence-corrected chi connectivity index (χ4v) is 1.55. The molecule has 0 aliphatic rings. The van der Waals surface area contributed by atoms with Crippen LogP contribution in [-0.4, -0.2) is 23.0 Å². The van der Waals surface area contributed by atoms with Crippen LogP contribution in [0.2, 0.25) is 0 Å². The zero-order chi connectivity index (χ0) is 12.2. The number of carbonyl (C=O) groups excluding carboxylic acids is 1. The van der Waals surface area contributed by atoms with Gasteiger partial charge in [-0.25, -0.2) is 0 Å². The SMILES string of the molecule is CSC(C)(C)C(N)C(=O)Nc1ccccc1. The normalized spacial score (nSPS) is 13.2. The van der Waals surface area contributed by atoms with Crippen LogP contribution in [0, 0.1) is 0 Å². The molecule has 1 aromatic rings. The number of hydrogen-bond donors (Lipinski definition) is 2. The fraction of sp³-hybridized carbons (Fsp3) is 0.417. The second-order valence-corrected chi connectivity index (χ2v) is 5.60. The van der Waals surface area contributed by atoms with Crippen molar-refractivity contribution in [3.8, 4) is 0 Å². The van der Waals surface area contributed by atoms with Gasteiger partial charge in [0.05, 0.1) is 6.04 Å². The molecule has 4 heteroatoms. The van der Waals surface area contributed by atoms with Crippen molar-refractivity contribution < 1.29 is 4.79 Å². The number of hydrogen-bond acceptors (Lipinski definition) is 3. The molecule has 1 amide bonds. The third kappa shape index (κ3) is 3.25. The van der Waals surface area contributed by atoms with Crippen molar-refractivity contribution in [2.75, 3.05) is 11.6 Å². The lowest BCUT2D eigenvalue weighted by atomic mass is 10.0. The largest absolute Gasteiger partial charge is 0.325 e. The smallest absolute Gasteiger partial charge is 0.242 e. The lowest BCUT2D eigenvalue weighted by Gasteiger charge is -2.28. The first-order chi connectivity index (χ1) is 7.47. The van der Waals surface area contributed by atoms with E-state index >= 15 is 0 Å². The Balaban J connectivity index is 2.66. The highest BCUT2D eigenvalue weighted by atomic mass is 32.2. The average molecular weight is 238 g/mol. The number of carbonyl (C=O) groups is 1. The van der Waals surface area contributed by atoms with Crippen molar-refractivity contribution in [2.24, 2.45) is 5.73 Å². The predicted octanol–water partition coefficient (Wildman–Crippen LogP) is 2.09. The molecule has 3 N–H and O–H groups in total. The lowest BCUT2D eigenvalue weighted by Crippen LogP contribution is -2.49. The lowest BCUT2D eigenvalue weighted by molar-refractivity contribution is -0.117. The Morgan fingerprint density at radius 1 is 1.38 bits per heavy atom. The van der Waals surface area contributed by atoms with Crippen LogP contribution in [0.5, 0.6) is 0 Å². The minimum Gasteiger partial charge on any atom is -0.325 e. The molecule has 0 radical (unpaired) electrons. The van der Waals surface area contributed by atoms with Gasteiger partial charge in [-0.05, 0) is 32.2 Å². The Morgan fingerprint density at radius 2 is 1.94 bits per heavy atom. The molecule has 0 saturated carbocycles. The van der Waals surface area contributed by atoms with Gasteiger partial charge in [-0.3, -0.25) is 4.79 Å². The molecule has 0 spiro atoms. The summed E-state index contributed by atoms with van der Waals surface area (Å²) in [7, 11) is 0. The molecule has 0 fully saturated rings. The Hall–Kier alpha value is -1.00. The number of nitrogens with two attached hydrogens (primary N) is 1. The van der Waals surface area contributed by atoms with Crippen molar-refractivity contribution in [3.63, 3.8) is 0 Å². The molecular formula is C12H18N2OS. The maximum absolute atomic E-state index is 11.9. The van der Waals surface area contributed by atoms with Gasteiger partial charge in [0.1, 0.15) is 0 Å². The zero-order valence-corrected chi connectivity index (χ0v) is 10.7. The van der Waals surface area contributed by atoms with E-state index in [1.807, 2.05) is 50.4 Å². The number of nitrogens with one attached hydrogen (secondary N) is 1. The van der Waals surface area contributed by atoms with Crippen molar-refractivity contribution in [1.82, 2.24) is 0 Å². The molecule has 0 saturated heterocycles.